The summed E-state index contributed by atoms with van der Waals surface area (Å²) in [5.41, 5.74) is 1.20. The van der Waals surface area contributed by atoms with Gasteiger partial charge in [-0.1, -0.05) is 30.3 Å². The van der Waals surface area contributed by atoms with E-state index in [0.29, 0.717) is 24.1 Å². The Labute approximate surface area is 173 Å². The van der Waals surface area contributed by atoms with Gasteiger partial charge in [0.05, 0.1) is 32.5 Å². The van der Waals surface area contributed by atoms with Crippen LogP contribution in [0.2, 0.25) is 0 Å². The smallest absolute Gasteiger partial charge is 0.331 e. The lowest BCUT2D eigenvalue weighted by Gasteiger charge is -2.32. The molecule has 2 aromatic heterocycles. The van der Waals surface area contributed by atoms with E-state index in [1.807, 2.05) is 11.0 Å². The largest absolute Gasteiger partial charge is 0.332 e. The van der Waals surface area contributed by atoms with Crippen LogP contribution in [0.15, 0.2) is 46.2 Å². The lowest BCUT2D eigenvalue weighted by Crippen LogP contribution is -3.13. The van der Waals surface area contributed by atoms with E-state index in [2.05, 4.69) is 29.2 Å². The molecule has 0 spiro atoms. The predicted molar refractivity (Wildman–Crippen MR) is 112 cm³/mol. The number of piperazine rings is 1. The number of benzene rings is 1. The van der Waals surface area contributed by atoms with Gasteiger partial charge in [0.15, 0.2) is 11.2 Å². The summed E-state index contributed by atoms with van der Waals surface area (Å²) in [6, 6.07) is 10.4. The molecular formula is C21H27N6O3+. The number of hydrogen-bond acceptors (Lipinski definition) is 4. The molecule has 1 N–H and O–H groups in total. The first kappa shape index (κ1) is 20.1. The van der Waals surface area contributed by atoms with Crippen molar-refractivity contribution in [1.82, 2.24) is 23.6 Å². The zero-order chi connectivity index (χ0) is 21.3. The number of rotatable bonds is 5. The van der Waals surface area contributed by atoms with Crippen LogP contribution >= 0.6 is 0 Å². The van der Waals surface area contributed by atoms with Crippen LogP contribution in [0.5, 0.6) is 0 Å². The van der Waals surface area contributed by atoms with Gasteiger partial charge < -0.3 is 14.4 Å². The first-order valence-electron chi connectivity index (χ1n) is 10.2. The van der Waals surface area contributed by atoms with Crippen LogP contribution in [0, 0.1) is 0 Å². The van der Waals surface area contributed by atoms with Crippen LogP contribution < -0.4 is 16.1 Å². The van der Waals surface area contributed by atoms with Crippen LogP contribution in [-0.4, -0.2) is 55.7 Å². The lowest BCUT2D eigenvalue weighted by molar-refractivity contribution is -0.917. The highest BCUT2D eigenvalue weighted by Crippen LogP contribution is 2.07. The maximum absolute atomic E-state index is 12.7. The van der Waals surface area contributed by atoms with Crippen molar-refractivity contribution in [3.05, 3.63) is 63.1 Å². The quantitative estimate of drug-likeness (QED) is 0.569. The molecule has 158 valence electrons. The van der Waals surface area contributed by atoms with Crippen LogP contribution in [0.3, 0.4) is 0 Å². The maximum atomic E-state index is 12.7. The topological polar surface area (TPSA) is 86.6 Å². The van der Waals surface area contributed by atoms with Gasteiger partial charge in [-0.05, 0) is 0 Å². The molecule has 30 heavy (non-hydrogen) atoms. The van der Waals surface area contributed by atoms with E-state index in [-0.39, 0.29) is 5.91 Å². The SMILES string of the molecule is Cn1c(=O)c2c(ncn2CCC(=O)N2CC[NH+](Cc3ccccc3)CC2)n(C)c1=O. The Morgan fingerprint density at radius 2 is 1.77 bits per heavy atom. The van der Waals surface area contributed by atoms with Crippen molar-refractivity contribution in [2.75, 3.05) is 26.2 Å². The van der Waals surface area contributed by atoms with Crippen molar-refractivity contribution in [3.63, 3.8) is 0 Å². The number of aryl methyl sites for hydroxylation is 2. The Balaban J connectivity index is 1.37. The van der Waals surface area contributed by atoms with Gasteiger partial charge in [-0.25, -0.2) is 9.78 Å². The highest BCUT2D eigenvalue weighted by molar-refractivity contribution is 5.76. The number of aromatic nitrogens is 4. The molecule has 9 nitrogen and oxygen atoms in total. The first-order valence-corrected chi connectivity index (χ1v) is 10.2. The Morgan fingerprint density at radius 3 is 2.47 bits per heavy atom. The van der Waals surface area contributed by atoms with Crippen molar-refractivity contribution in [2.45, 2.75) is 19.5 Å². The number of quaternary nitrogens is 1. The zero-order valence-corrected chi connectivity index (χ0v) is 17.4. The summed E-state index contributed by atoms with van der Waals surface area (Å²) in [4.78, 5) is 44.9. The highest BCUT2D eigenvalue weighted by Gasteiger charge is 2.24. The molecule has 1 aliphatic heterocycles. The number of carbonyl (C=O) groups excluding carboxylic acids is 1. The number of nitrogens with one attached hydrogen (secondary N) is 1. The third kappa shape index (κ3) is 3.80. The van der Waals surface area contributed by atoms with E-state index >= 15 is 0 Å². The van der Waals surface area contributed by atoms with Gasteiger partial charge in [-0.3, -0.25) is 18.7 Å². The molecule has 1 saturated heterocycles. The second kappa shape index (κ2) is 8.27. The minimum Gasteiger partial charge on any atom is -0.331 e. The van der Waals surface area contributed by atoms with E-state index in [9.17, 15) is 14.4 Å². The monoisotopic (exact) mass is 411 g/mol. The number of hydrogen-bond donors (Lipinski definition) is 1. The molecular weight excluding hydrogens is 384 g/mol. The van der Waals surface area contributed by atoms with Gasteiger partial charge in [0.25, 0.3) is 5.56 Å². The van der Waals surface area contributed by atoms with Crippen molar-refractivity contribution in [3.8, 4) is 0 Å². The Morgan fingerprint density at radius 1 is 1.07 bits per heavy atom. The minimum absolute atomic E-state index is 0.0808. The minimum atomic E-state index is -0.412. The van der Waals surface area contributed by atoms with Gasteiger partial charge in [-0.15, -0.1) is 0 Å². The Kier molecular flexibility index (Phi) is 5.54. The van der Waals surface area contributed by atoms with Crippen LogP contribution in [0.4, 0.5) is 0 Å². The molecule has 0 bridgehead atoms. The fourth-order valence-corrected chi connectivity index (χ4v) is 4.07. The predicted octanol–water partition coefficient (Wildman–Crippen LogP) is -1.25. The summed E-state index contributed by atoms with van der Waals surface area (Å²) in [5, 5.41) is 0. The molecule has 9 heteroatoms. The van der Waals surface area contributed by atoms with E-state index < -0.39 is 11.2 Å². The molecule has 1 aromatic carbocycles. The number of amides is 1. The molecule has 1 aliphatic rings. The summed E-state index contributed by atoms with van der Waals surface area (Å²) in [6.45, 7) is 4.67. The molecule has 3 aromatic rings. The van der Waals surface area contributed by atoms with Gasteiger partial charge in [-0.2, -0.15) is 0 Å². The van der Waals surface area contributed by atoms with Gasteiger partial charge >= 0.3 is 5.69 Å². The molecule has 0 aliphatic carbocycles. The first-order chi connectivity index (χ1) is 14.5. The van der Waals surface area contributed by atoms with Crippen molar-refractivity contribution in [2.24, 2.45) is 14.1 Å². The average molecular weight is 411 g/mol. The highest BCUT2D eigenvalue weighted by atomic mass is 16.2. The summed E-state index contributed by atoms with van der Waals surface area (Å²) in [6.07, 6.45) is 1.83. The fourth-order valence-electron chi connectivity index (χ4n) is 4.07. The summed E-state index contributed by atoms with van der Waals surface area (Å²) in [7, 11) is 3.04. The van der Waals surface area contributed by atoms with Gasteiger partial charge in [0.1, 0.15) is 6.54 Å². The van der Waals surface area contributed by atoms with E-state index in [0.717, 1.165) is 37.3 Å². The lowest BCUT2D eigenvalue weighted by atomic mass is 10.2. The van der Waals surface area contributed by atoms with Crippen LogP contribution in [-0.2, 0) is 32.0 Å². The van der Waals surface area contributed by atoms with Gasteiger partial charge in [0, 0.05) is 32.6 Å². The second-order valence-corrected chi connectivity index (χ2v) is 7.86. The van der Waals surface area contributed by atoms with Crippen molar-refractivity contribution in [1.29, 1.82) is 0 Å². The summed E-state index contributed by atoms with van der Waals surface area (Å²) < 4.78 is 4.09. The molecule has 1 fully saturated rings. The van der Waals surface area contributed by atoms with Crippen LogP contribution in [0.25, 0.3) is 11.2 Å². The normalized spacial score (nSPS) is 15.1. The maximum Gasteiger partial charge on any atom is 0.332 e. The molecule has 0 unspecified atom stereocenters. The third-order valence-corrected chi connectivity index (χ3v) is 5.90. The average Bonchev–Trinajstić information content (AvgIpc) is 3.20. The van der Waals surface area contributed by atoms with E-state index in [4.69, 9.17) is 0 Å². The summed E-state index contributed by atoms with van der Waals surface area (Å²) in [5.74, 6) is 0.0808. The van der Waals surface area contributed by atoms with E-state index in [1.54, 1.807) is 11.6 Å². The Hall–Kier alpha value is -3.20. The molecule has 0 atom stereocenters. The standard InChI is InChI=1S/C21H26N6O3/c1-23-19-18(20(29)24(2)21(23)30)27(15-22-19)9-8-17(28)26-12-10-25(11-13-26)14-16-6-4-3-5-7-16/h3-7,15H,8-14H2,1-2H3/p+1. The summed E-state index contributed by atoms with van der Waals surface area (Å²) >= 11 is 0. The second-order valence-electron chi connectivity index (χ2n) is 7.86. The van der Waals surface area contributed by atoms with Gasteiger partial charge in [0.2, 0.25) is 5.91 Å². The van der Waals surface area contributed by atoms with Crippen molar-refractivity contribution >= 4 is 17.1 Å². The number of carbonyl (C=O) groups is 1. The number of imidazole rings is 1. The molecule has 0 saturated carbocycles. The van der Waals surface area contributed by atoms with Crippen LogP contribution in [0.1, 0.15) is 12.0 Å². The molecule has 3 heterocycles. The molecule has 1 amide bonds. The Bertz CT molecular complexity index is 1170. The number of nitrogens with zero attached hydrogens (tertiary/aromatic N) is 5. The zero-order valence-electron chi connectivity index (χ0n) is 17.4. The number of fused-ring (bicyclic) bond motifs is 1. The third-order valence-electron chi connectivity index (χ3n) is 5.90. The molecule has 0 radical (unpaired) electrons. The van der Waals surface area contributed by atoms with E-state index in [1.165, 1.54) is 28.4 Å². The van der Waals surface area contributed by atoms with Crippen molar-refractivity contribution < 1.29 is 9.69 Å². The fraction of sp³-hybridized carbons (Fsp3) is 0.429. The molecule has 4 rings (SSSR count).